The lowest BCUT2D eigenvalue weighted by atomic mass is 10.0. The minimum Gasteiger partial charge on any atom is -0.399 e. The topological polar surface area (TPSA) is 43.1 Å². The average molecular weight is 325 g/mol. The maximum Gasteiger partial charge on any atom is 0.195 e. The summed E-state index contributed by atoms with van der Waals surface area (Å²) < 4.78 is 0.794. The molecule has 2 N–H and O–H groups in total. The number of carbonyl (C=O) groups excluding carboxylic acids is 1. The second-order valence-electron chi connectivity index (χ2n) is 4.00. The number of hydrogen-bond donors (Lipinski definition) is 1. The van der Waals surface area contributed by atoms with Crippen molar-refractivity contribution in [1.29, 1.82) is 0 Å². The molecule has 4 heteroatoms. The highest BCUT2D eigenvalue weighted by atomic mass is 79.9. The Morgan fingerprint density at radius 2 is 1.94 bits per heavy atom. The van der Waals surface area contributed by atoms with E-state index in [4.69, 9.17) is 17.3 Å². The quantitative estimate of drug-likeness (QED) is 0.664. The van der Waals surface area contributed by atoms with Crippen molar-refractivity contribution in [2.45, 2.75) is 6.92 Å². The number of nitrogens with two attached hydrogens (primary N) is 1. The van der Waals surface area contributed by atoms with Crippen LogP contribution in [0.4, 0.5) is 5.69 Å². The molecule has 0 aliphatic heterocycles. The second kappa shape index (κ2) is 5.12. The Hall–Kier alpha value is -1.32. The van der Waals surface area contributed by atoms with Gasteiger partial charge in [-0.1, -0.05) is 23.7 Å². The summed E-state index contributed by atoms with van der Waals surface area (Å²) in [6.45, 7) is 1.94. The normalized spacial score (nSPS) is 10.4. The van der Waals surface area contributed by atoms with Gasteiger partial charge in [0.1, 0.15) is 0 Å². The zero-order chi connectivity index (χ0) is 13.3. The monoisotopic (exact) mass is 323 g/mol. The van der Waals surface area contributed by atoms with Crippen LogP contribution in [0.5, 0.6) is 0 Å². The molecule has 0 unspecified atom stereocenters. The molecule has 0 aliphatic rings. The fourth-order valence-electron chi connectivity index (χ4n) is 1.68. The van der Waals surface area contributed by atoms with E-state index in [0.717, 1.165) is 10.0 Å². The van der Waals surface area contributed by atoms with Gasteiger partial charge in [-0.2, -0.15) is 0 Å². The largest absolute Gasteiger partial charge is 0.399 e. The number of carbonyl (C=O) groups is 1. The van der Waals surface area contributed by atoms with Gasteiger partial charge in [-0.25, -0.2) is 0 Å². The molecule has 0 spiro atoms. The van der Waals surface area contributed by atoms with E-state index in [2.05, 4.69) is 15.9 Å². The van der Waals surface area contributed by atoms with Crippen LogP contribution in [0.15, 0.2) is 40.9 Å². The smallest absolute Gasteiger partial charge is 0.195 e. The van der Waals surface area contributed by atoms with Crippen LogP contribution in [0, 0.1) is 6.92 Å². The zero-order valence-corrected chi connectivity index (χ0v) is 12.0. The maximum atomic E-state index is 12.4. The summed E-state index contributed by atoms with van der Waals surface area (Å²) in [5.74, 6) is -0.115. The van der Waals surface area contributed by atoms with E-state index in [-0.39, 0.29) is 5.78 Å². The molecule has 0 bridgehead atoms. The number of ketones is 1. The van der Waals surface area contributed by atoms with Gasteiger partial charge in [0, 0.05) is 21.3 Å². The van der Waals surface area contributed by atoms with Crippen molar-refractivity contribution in [3.8, 4) is 0 Å². The fraction of sp³-hybridized carbons (Fsp3) is 0.0714. The summed E-state index contributed by atoms with van der Waals surface area (Å²) in [5, 5.41) is 0.369. The Balaban J connectivity index is 2.51. The summed E-state index contributed by atoms with van der Waals surface area (Å²) in [5.41, 5.74) is 8.22. The molecular weight excluding hydrogens is 314 g/mol. The lowest BCUT2D eigenvalue weighted by molar-refractivity contribution is 0.103. The standard InChI is InChI=1S/C14H11BrClNO/c1-8-3-2-4-11(13(8)15)14(18)10-6-5-9(17)7-12(10)16/h2-7H,17H2,1H3. The molecule has 0 saturated heterocycles. The molecular formula is C14H11BrClNO. The second-order valence-corrected chi connectivity index (χ2v) is 5.21. The first-order valence-corrected chi connectivity index (χ1v) is 6.52. The van der Waals surface area contributed by atoms with Crippen LogP contribution in [0.3, 0.4) is 0 Å². The van der Waals surface area contributed by atoms with Crippen molar-refractivity contribution in [3.63, 3.8) is 0 Å². The minimum absolute atomic E-state index is 0.115. The number of rotatable bonds is 2. The van der Waals surface area contributed by atoms with E-state index in [0.29, 0.717) is 21.8 Å². The predicted octanol–water partition coefficient (Wildman–Crippen LogP) is 4.22. The van der Waals surface area contributed by atoms with E-state index in [1.54, 1.807) is 24.3 Å². The summed E-state index contributed by atoms with van der Waals surface area (Å²) in [6.07, 6.45) is 0. The van der Waals surface area contributed by atoms with Gasteiger partial charge in [0.15, 0.2) is 5.78 Å². The third kappa shape index (κ3) is 2.42. The Morgan fingerprint density at radius 3 is 2.61 bits per heavy atom. The number of nitrogen functional groups attached to an aromatic ring is 1. The molecule has 0 radical (unpaired) electrons. The summed E-state index contributed by atoms with van der Waals surface area (Å²) in [6, 6.07) is 10.5. The van der Waals surface area contributed by atoms with E-state index in [1.165, 1.54) is 0 Å². The van der Waals surface area contributed by atoms with Crippen LogP contribution in [0.2, 0.25) is 5.02 Å². The van der Waals surface area contributed by atoms with Crippen LogP contribution >= 0.6 is 27.5 Å². The molecule has 2 nitrogen and oxygen atoms in total. The summed E-state index contributed by atoms with van der Waals surface area (Å²) >= 11 is 9.48. The molecule has 0 atom stereocenters. The highest BCUT2D eigenvalue weighted by Crippen LogP contribution is 2.27. The third-order valence-electron chi connectivity index (χ3n) is 2.67. The first-order chi connectivity index (χ1) is 8.50. The predicted molar refractivity (Wildman–Crippen MR) is 78.2 cm³/mol. The lowest BCUT2D eigenvalue weighted by Gasteiger charge is -2.08. The zero-order valence-electron chi connectivity index (χ0n) is 9.71. The Bertz CT molecular complexity index is 625. The van der Waals surface area contributed by atoms with E-state index < -0.39 is 0 Å². The van der Waals surface area contributed by atoms with Gasteiger partial charge in [-0.15, -0.1) is 0 Å². The fourth-order valence-corrected chi connectivity index (χ4v) is 2.40. The molecule has 92 valence electrons. The van der Waals surface area contributed by atoms with Crippen LogP contribution < -0.4 is 5.73 Å². The highest BCUT2D eigenvalue weighted by Gasteiger charge is 2.16. The highest BCUT2D eigenvalue weighted by molar-refractivity contribution is 9.10. The molecule has 0 heterocycles. The SMILES string of the molecule is Cc1cccc(C(=O)c2ccc(N)cc2Cl)c1Br. The lowest BCUT2D eigenvalue weighted by Crippen LogP contribution is -2.04. The number of anilines is 1. The Morgan fingerprint density at radius 1 is 1.22 bits per heavy atom. The molecule has 2 rings (SSSR count). The van der Waals surface area contributed by atoms with Crippen LogP contribution in [0.25, 0.3) is 0 Å². The van der Waals surface area contributed by atoms with Crippen molar-refractivity contribution < 1.29 is 4.79 Å². The number of benzene rings is 2. The average Bonchev–Trinajstić information content (AvgIpc) is 2.32. The Kier molecular flexibility index (Phi) is 3.73. The first-order valence-electron chi connectivity index (χ1n) is 5.35. The molecule has 2 aromatic carbocycles. The van der Waals surface area contributed by atoms with Crippen molar-refractivity contribution in [3.05, 3.63) is 62.6 Å². The van der Waals surface area contributed by atoms with Crippen molar-refractivity contribution in [1.82, 2.24) is 0 Å². The first kappa shape index (κ1) is 13.1. The van der Waals surface area contributed by atoms with Gasteiger partial charge in [-0.05, 0) is 52.7 Å². The Labute approximate surface area is 119 Å². The van der Waals surface area contributed by atoms with Gasteiger partial charge in [0.25, 0.3) is 0 Å². The van der Waals surface area contributed by atoms with Crippen LogP contribution in [-0.4, -0.2) is 5.78 Å². The van der Waals surface area contributed by atoms with E-state index in [9.17, 15) is 4.79 Å². The molecule has 0 amide bonds. The number of halogens is 2. The maximum absolute atomic E-state index is 12.4. The molecule has 2 aromatic rings. The molecule has 0 saturated carbocycles. The minimum atomic E-state index is -0.115. The van der Waals surface area contributed by atoms with E-state index >= 15 is 0 Å². The summed E-state index contributed by atoms with van der Waals surface area (Å²) in [4.78, 5) is 12.4. The molecule has 18 heavy (non-hydrogen) atoms. The number of hydrogen-bond acceptors (Lipinski definition) is 2. The van der Waals surface area contributed by atoms with Gasteiger partial charge < -0.3 is 5.73 Å². The third-order valence-corrected chi connectivity index (χ3v) is 4.04. The van der Waals surface area contributed by atoms with Gasteiger partial charge in [0.05, 0.1) is 5.02 Å². The molecule has 0 aliphatic carbocycles. The number of aryl methyl sites for hydroxylation is 1. The van der Waals surface area contributed by atoms with Gasteiger partial charge in [0.2, 0.25) is 0 Å². The van der Waals surface area contributed by atoms with Crippen LogP contribution in [-0.2, 0) is 0 Å². The van der Waals surface area contributed by atoms with Crippen molar-refractivity contribution >= 4 is 39.0 Å². The summed E-state index contributed by atoms with van der Waals surface area (Å²) in [7, 11) is 0. The van der Waals surface area contributed by atoms with Crippen LogP contribution in [0.1, 0.15) is 21.5 Å². The molecule has 0 fully saturated rings. The van der Waals surface area contributed by atoms with Crippen molar-refractivity contribution in [2.24, 2.45) is 0 Å². The molecule has 0 aromatic heterocycles. The van der Waals surface area contributed by atoms with Gasteiger partial charge in [-0.3, -0.25) is 4.79 Å². The van der Waals surface area contributed by atoms with E-state index in [1.807, 2.05) is 19.1 Å². The van der Waals surface area contributed by atoms with Crippen molar-refractivity contribution in [2.75, 3.05) is 5.73 Å². The van der Waals surface area contributed by atoms with Gasteiger partial charge >= 0.3 is 0 Å².